The van der Waals surface area contributed by atoms with Gasteiger partial charge in [0.15, 0.2) is 0 Å². The Labute approximate surface area is 276 Å². The third-order valence-corrected chi connectivity index (χ3v) is 10.3. The summed E-state index contributed by atoms with van der Waals surface area (Å²) in [6.45, 7) is 15.8. The zero-order chi connectivity index (χ0) is 34.2. The van der Waals surface area contributed by atoms with Crippen LogP contribution in [0.5, 0.6) is 0 Å². The lowest BCUT2D eigenvalue weighted by atomic mass is 9.75. The van der Waals surface area contributed by atoms with E-state index in [0.29, 0.717) is 12.0 Å². The summed E-state index contributed by atoms with van der Waals surface area (Å²) in [4.78, 5) is 44.4. The molecule has 0 radical (unpaired) electrons. The number of amides is 2. The smallest absolute Gasteiger partial charge is 0.475 e. The number of aryl methyl sites for hydroxylation is 2. The highest BCUT2D eigenvalue weighted by atomic mass is 19.4. The summed E-state index contributed by atoms with van der Waals surface area (Å²) in [7, 11) is 0. The van der Waals surface area contributed by atoms with Crippen molar-refractivity contribution in [1.82, 2.24) is 19.6 Å². The van der Waals surface area contributed by atoms with Gasteiger partial charge >= 0.3 is 18.2 Å². The third-order valence-electron chi connectivity index (χ3n) is 10.3. The lowest BCUT2D eigenvalue weighted by molar-refractivity contribution is -0.192. The average molecular weight is 669 g/mol. The number of nitrogens with zero attached hydrogens (tertiary/aromatic N) is 4. The van der Waals surface area contributed by atoms with Crippen LogP contribution in [-0.2, 0) is 14.3 Å². The Bertz CT molecular complexity index is 1190. The van der Waals surface area contributed by atoms with Crippen molar-refractivity contribution in [3.63, 3.8) is 0 Å². The summed E-state index contributed by atoms with van der Waals surface area (Å²) in [5.74, 6) is -2.18. The quantitative estimate of drug-likeness (QED) is 0.415. The SMILES string of the molecule is CCCCC1CN(CCN2CCOCC2)C(=O)OC12CCN(C1CCN(C(=O)c3c(C)cccc3C)CC1)CC2.O=C(O)C(F)(F)F. The van der Waals surface area contributed by atoms with Gasteiger partial charge in [0.2, 0.25) is 0 Å². The summed E-state index contributed by atoms with van der Waals surface area (Å²) in [5, 5.41) is 7.12. The van der Waals surface area contributed by atoms with Crippen molar-refractivity contribution in [2.45, 2.75) is 83.5 Å². The molecule has 4 aliphatic heterocycles. The van der Waals surface area contributed by atoms with E-state index in [9.17, 15) is 22.8 Å². The van der Waals surface area contributed by atoms with Gasteiger partial charge in [0.05, 0.1) is 13.2 Å². The zero-order valence-electron chi connectivity index (χ0n) is 28.0. The second-order valence-electron chi connectivity index (χ2n) is 13.3. The molecule has 1 spiro atoms. The molecule has 4 saturated heterocycles. The first kappa shape index (κ1) is 36.9. The second-order valence-corrected chi connectivity index (χ2v) is 13.3. The Hall–Kier alpha value is -2.90. The largest absolute Gasteiger partial charge is 0.490 e. The van der Waals surface area contributed by atoms with Gasteiger partial charge in [0, 0.05) is 89.3 Å². The molecule has 0 bridgehead atoms. The van der Waals surface area contributed by atoms with Crippen LogP contribution in [0.2, 0.25) is 0 Å². The molecule has 1 atom stereocenters. The standard InChI is InChI=1S/C32H50N4O4.C2HF3O2/c1-4-5-9-27-24-36(19-18-33-20-22-39-23-21-33)31(38)40-32(27)12-16-34(17-13-32)28-10-14-35(15-11-28)30(37)29-25(2)7-6-8-26(29)3;3-2(4,5)1(6)7/h6-8,27-28H,4-5,9-24H2,1-3H3;(H,6,7). The predicted molar refractivity (Wildman–Crippen MR) is 170 cm³/mol. The molecule has 1 unspecified atom stereocenters. The first-order chi connectivity index (χ1) is 22.3. The average Bonchev–Trinajstić information content (AvgIpc) is 3.04. The number of morpholine rings is 1. The molecule has 0 aliphatic carbocycles. The molecule has 5 rings (SSSR count). The minimum Gasteiger partial charge on any atom is -0.475 e. The molecule has 0 saturated carbocycles. The van der Waals surface area contributed by atoms with Crippen LogP contribution in [0.25, 0.3) is 0 Å². The number of hydrogen-bond acceptors (Lipinski definition) is 7. The molecule has 2 amide bonds. The van der Waals surface area contributed by atoms with Crippen molar-refractivity contribution in [3.05, 3.63) is 34.9 Å². The first-order valence-corrected chi connectivity index (χ1v) is 17.0. The number of piperidine rings is 2. The van der Waals surface area contributed by atoms with E-state index in [1.807, 2.05) is 41.8 Å². The maximum atomic E-state index is 13.3. The summed E-state index contributed by atoms with van der Waals surface area (Å²) in [6, 6.07) is 6.59. The summed E-state index contributed by atoms with van der Waals surface area (Å²) >= 11 is 0. The van der Waals surface area contributed by atoms with Gasteiger partial charge in [-0.25, -0.2) is 9.59 Å². The highest BCUT2D eigenvalue weighted by molar-refractivity contribution is 5.97. The van der Waals surface area contributed by atoms with E-state index in [1.54, 1.807) is 0 Å². The number of alkyl halides is 3. The Morgan fingerprint density at radius 1 is 0.979 bits per heavy atom. The molecular formula is C34H51F3N4O6. The number of halogens is 3. The van der Waals surface area contributed by atoms with Crippen molar-refractivity contribution < 1.29 is 42.1 Å². The van der Waals surface area contributed by atoms with Crippen LogP contribution in [0.1, 0.15) is 73.4 Å². The number of benzene rings is 1. The Balaban J connectivity index is 0.000000644. The molecule has 47 heavy (non-hydrogen) atoms. The lowest BCUT2D eigenvalue weighted by Gasteiger charge is -2.52. The number of likely N-dealkylation sites (tertiary alicyclic amines) is 2. The van der Waals surface area contributed by atoms with Crippen LogP contribution in [0.15, 0.2) is 18.2 Å². The lowest BCUT2D eigenvalue weighted by Crippen LogP contribution is -2.62. The molecule has 1 aromatic rings. The number of carboxylic acid groups (broad SMARTS) is 1. The third kappa shape index (κ3) is 9.60. The minimum atomic E-state index is -5.08. The van der Waals surface area contributed by atoms with E-state index in [2.05, 4.69) is 16.7 Å². The number of rotatable bonds is 8. The number of ether oxygens (including phenoxy) is 2. The fourth-order valence-electron chi connectivity index (χ4n) is 7.43. The first-order valence-electron chi connectivity index (χ1n) is 17.0. The van der Waals surface area contributed by atoms with Crippen LogP contribution >= 0.6 is 0 Å². The molecular weight excluding hydrogens is 617 g/mol. The highest BCUT2D eigenvalue weighted by Crippen LogP contribution is 2.41. The highest BCUT2D eigenvalue weighted by Gasteiger charge is 2.50. The topological polar surface area (TPSA) is 103 Å². The minimum absolute atomic E-state index is 0.118. The Morgan fingerprint density at radius 3 is 2.13 bits per heavy atom. The van der Waals surface area contributed by atoms with Crippen LogP contribution < -0.4 is 0 Å². The van der Waals surface area contributed by atoms with Gasteiger partial charge in [-0.1, -0.05) is 38.0 Å². The summed E-state index contributed by atoms with van der Waals surface area (Å²) in [5.41, 5.74) is 2.68. The molecule has 1 N–H and O–H groups in total. The molecule has 10 nitrogen and oxygen atoms in total. The van der Waals surface area contributed by atoms with Crippen LogP contribution in [0.4, 0.5) is 18.0 Å². The van der Waals surface area contributed by atoms with Gasteiger partial charge in [-0.3, -0.25) is 14.6 Å². The number of hydrogen-bond donors (Lipinski definition) is 1. The van der Waals surface area contributed by atoms with E-state index in [4.69, 9.17) is 19.4 Å². The molecule has 4 heterocycles. The second kappa shape index (κ2) is 16.5. The Morgan fingerprint density at radius 2 is 1.57 bits per heavy atom. The van der Waals surface area contributed by atoms with Gasteiger partial charge < -0.3 is 24.4 Å². The van der Waals surface area contributed by atoms with Crippen LogP contribution in [-0.4, -0.2) is 133 Å². The van der Waals surface area contributed by atoms with Crippen molar-refractivity contribution in [1.29, 1.82) is 0 Å². The van der Waals surface area contributed by atoms with E-state index >= 15 is 0 Å². The maximum absolute atomic E-state index is 13.3. The van der Waals surface area contributed by atoms with E-state index < -0.39 is 12.1 Å². The van der Waals surface area contributed by atoms with Gasteiger partial charge in [-0.15, -0.1) is 0 Å². The van der Waals surface area contributed by atoms with Gasteiger partial charge in [-0.2, -0.15) is 13.2 Å². The van der Waals surface area contributed by atoms with Gasteiger partial charge in [0.25, 0.3) is 5.91 Å². The fourth-order valence-corrected chi connectivity index (χ4v) is 7.43. The number of aliphatic carboxylic acids is 1. The molecule has 4 fully saturated rings. The van der Waals surface area contributed by atoms with Crippen molar-refractivity contribution in [3.8, 4) is 0 Å². The number of unbranched alkanes of at least 4 members (excludes halogenated alkanes) is 1. The van der Waals surface area contributed by atoms with Gasteiger partial charge in [0.1, 0.15) is 5.60 Å². The Kier molecular flexibility index (Phi) is 12.9. The van der Waals surface area contributed by atoms with Crippen molar-refractivity contribution in [2.75, 3.05) is 72.1 Å². The van der Waals surface area contributed by atoms with Crippen LogP contribution in [0.3, 0.4) is 0 Å². The number of carbonyl (C=O) groups excluding carboxylic acids is 2. The zero-order valence-corrected chi connectivity index (χ0v) is 28.0. The van der Waals surface area contributed by atoms with E-state index in [1.165, 1.54) is 12.8 Å². The summed E-state index contributed by atoms with van der Waals surface area (Å²) in [6.07, 6.45) is 2.13. The van der Waals surface area contributed by atoms with E-state index in [-0.39, 0.29) is 17.6 Å². The summed E-state index contributed by atoms with van der Waals surface area (Å²) < 4.78 is 43.6. The van der Waals surface area contributed by atoms with Crippen molar-refractivity contribution in [2.24, 2.45) is 5.92 Å². The molecule has 264 valence electrons. The number of carboxylic acids is 1. The molecule has 4 aliphatic rings. The molecule has 13 heteroatoms. The monoisotopic (exact) mass is 668 g/mol. The normalized spacial score (nSPS) is 22.9. The van der Waals surface area contributed by atoms with Crippen LogP contribution in [0, 0.1) is 19.8 Å². The number of carbonyl (C=O) groups is 3. The van der Waals surface area contributed by atoms with Gasteiger partial charge in [-0.05, 0) is 44.2 Å². The fraction of sp³-hybridized carbons (Fsp3) is 0.735. The van der Waals surface area contributed by atoms with E-state index in [0.717, 1.165) is 121 Å². The predicted octanol–water partition coefficient (Wildman–Crippen LogP) is 4.97. The molecule has 1 aromatic carbocycles. The molecule has 0 aromatic heterocycles. The maximum Gasteiger partial charge on any atom is 0.490 e. The van der Waals surface area contributed by atoms with Crippen molar-refractivity contribution >= 4 is 18.0 Å².